The molecule has 0 aromatic rings. The van der Waals surface area contributed by atoms with E-state index < -0.39 is 83.3 Å². The Morgan fingerprint density at radius 2 is 1.20 bits per heavy atom. The van der Waals surface area contributed by atoms with Crippen LogP contribution in [0.4, 0.5) is 4.79 Å². The Morgan fingerprint density at radius 3 is 1.61 bits per heavy atom. The van der Waals surface area contributed by atoms with Gasteiger partial charge in [-0.15, -0.1) is 0 Å². The Morgan fingerprint density at radius 1 is 0.682 bits per heavy atom. The molecule has 0 aliphatic rings. The molecule has 0 radical (unpaired) electrons. The number of hydrogen-bond donors (Lipinski definition) is 6. The number of aliphatic carboxylic acids is 2. The predicted octanol–water partition coefficient (Wildman–Crippen LogP) is 3.04. The molecule has 0 unspecified atom stereocenters. The molecule has 0 aliphatic heterocycles. The summed E-state index contributed by atoms with van der Waals surface area (Å²) in [5.74, 6) is -6.96. The van der Waals surface area contributed by atoms with Crippen molar-refractivity contribution >= 4 is 41.4 Å². The van der Waals surface area contributed by atoms with Gasteiger partial charge in [-0.25, -0.2) is 9.59 Å². The van der Waals surface area contributed by atoms with Crippen molar-refractivity contribution in [2.75, 3.05) is 0 Å². The monoisotopic (exact) mass is 626 g/mol. The first kappa shape index (κ1) is 40.5. The van der Waals surface area contributed by atoms with Crippen LogP contribution < -0.4 is 21.3 Å². The Labute approximate surface area is 261 Å². The third kappa shape index (κ3) is 14.8. The number of carboxylic acids is 2. The van der Waals surface area contributed by atoms with Crippen molar-refractivity contribution in [2.24, 2.45) is 22.7 Å². The van der Waals surface area contributed by atoms with Crippen LogP contribution in [0.15, 0.2) is 0 Å². The maximum atomic E-state index is 13.6. The lowest BCUT2D eigenvalue weighted by atomic mass is 9.79. The van der Waals surface area contributed by atoms with Gasteiger partial charge < -0.3 is 31.5 Å². The highest BCUT2D eigenvalue weighted by molar-refractivity contribution is 5.98. The summed E-state index contributed by atoms with van der Waals surface area (Å²) in [7, 11) is 0. The summed E-state index contributed by atoms with van der Waals surface area (Å²) in [4.78, 5) is 89.2. The summed E-state index contributed by atoms with van der Waals surface area (Å²) < 4.78 is 0. The number of amides is 4. The van der Waals surface area contributed by atoms with Crippen LogP contribution in [0.25, 0.3) is 0 Å². The molecule has 0 aliphatic carbocycles. The van der Waals surface area contributed by atoms with Crippen molar-refractivity contribution in [3.8, 4) is 0 Å². The topological polar surface area (TPSA) is 208 Å². The van der Waals surface area contributed by atoms with Crippen molar-refractivity contribution in [2.45, 2.75) is 132 Å². The third-order valence-corrected chi connectivity index (χ3v) is 7.20. The van der Waals surface area contributed by atoms with Crippen molar-refractivity contribution in [3.63, 3.8) is 0 Å². The molecule has 4 atom stereocenters. The second-order valence-electron chi connectivity index (χ2n) is 13.9. The Hall–Kier alpha value is -3.51. The molecule has 0 aromatic carbocycles. The molecule has 252 valence electrons. The van der Waals surface area contributed by atoms with Crippen LogP contribution in [0, 0.1) is 22.7 Å². The summed E-state index contributed by atoms with van der Waals surface area (Å²) in [6.45, 7) is 17.5. The first-order chi connectivity index (χ1) is 20.0. The molecule has 0 spiro atoms. The zero-order valence-corrected chi connectivity index (χ0v) is 28.0. The number of ketones is 2. The molecule has 0 aromatic heterocycles. The van der Waals surface area contributed by atoms with Gasteiger partial charge in [0.25, 0.3) is 0 Å². The predicted molar refractivity (Wildman–Crippen MR) is 165 cm³/mol. The minimum absolute atomic E-state index is 0.0675. The number of rotatable bonds is 18. The average molecular weight is 627 g/mol. The molecule has 4 amide bonds. The number of hydrogen-bond acceptors (Lipinski definition) is 7. The fourth-order valence-corrected chi connectivity index (χ4v) is 4.42. The normalized spacial score (nSPS) is 14.6. The molecule has 6 N–H and O–H groups in total. The molecule has 13 nitrogen and oxygen atoms in total. The summed E-state index contributed by atoms with van der Waals surface area (Å²) in [6.07, 6.45) is -0.284. The summed E-state index contributed by atoms with van der Waals surface area (Å²) in [6, 6.07) is -4.68. The Bertz CT molecular complexity index is 1040. The molecule has 13 heteroatoms. The SMILES string of the molecule is CCC(CC)NC(=O)N[C@H](C(=O)C[C@@H](CC(=O)C(C)(C)C)C(=O)N[C@@H](CC(=O)O)C(=O)N[C@@H](CC(C)C)C(=O)O)C(C)(C)C. The summed E-state index contributed by atoms with van der Waals surface area (Å²) >= 11 is 0. The fourth-order valence-electron chi connectivity index (χ4n) is 4.42. The number of nitrogens with one attached hydrogen (secondary N) is 4. The van der Waals surface area contributed by atoms with E-state index in [4.69, 9.17) is 0 Å². The first-order valence-corrected chi connectivity index (χ1v) is 15.2. The van der Waals surface area contributed by atoms with E-state index in [-0.39, 0.29) is 30.6 Å². The third-order valence-electron chi connectivity index (χ3n) is 7.20. The number of carbonyl (C=O) groups excluding carboxylic acids is 5. The van der Waals surface area contributed by atoms with E-state index in [2.05, 4.69) is 21.3 Å². The molecular formula is C31H54N4O9. The minimum atomic E-state index is -1.67. The number of urea groups is 1. The van der Waals surface area contributed by atoms with Crippen LogP contribution in [0.5, 0.6) is 0 Å². The van der Waals surface area contributed by atoms with Gasteiger partial charge in [0, 0.05) is 24.3 Å². The lowest BCUT2D eigenvalue weighted by Gasteiger charge is -2.32. The van der Waals surface area contributed by atoms with Crippen LogP contribution in [-0.4, -0.2) is 75.7 Å². The van der Waals surface area contributed by atoms with Crippen LogP contribution >= 0.6 is 0 Å². The number of carboxylic acid groups (broad SMARTS) is 2. The summed E-state index contributed by atoms with van der Waals surface area (Å²) in [5.41, 5.74) is -1.65. The minimum Gasteiger partial charge on any atom is -0.481 e. The highest BCUT2D eigenvalue weighted by Crippen LogP contribution is 2.26. The maximum absolute atomic E-state index is 13.6. The van der Waals surface area contributed by atoms with E-state index in [1.807, 2.05) is 13.8 Å². The smallest absolute Gasteiger partial charge is 0.326 e. The van der Waals surface area contributed by atoms with E-state index in [1.54, 1.807) is 55.4 Å². The summed E-state index contributed by atoms with van der Waals surface area (Å²) in [5, 5.41) is 29.1. The van der Waals surface area contributed by atoms with E-state index >= 15 is 0 Å². The van der Waals surface area contributed by atoms with Crippen molar-refractivity contribution in [3.05, 3.63) is 0 Å². The van der Waals surface area contributed by atoms with E-state index in [1.165, 1.54) is 0 Å². The van der Waals surface area contributed by atoms with Crippen molar-refractivity contribution < 1.29 is 43.8 Å². The van der Waals surface area contributed by atoms with Gasteiger partial charge in [0.2, 0.25) is 11.8 Å². The van der Waals surface area contributed by atoms with E-state index in [0.29, 0.717) is 12.8 Å². The van der Waals surface area contributed by atoms with Gasteiger partial charge >= 0.3 is 18.0 Å². The van der Waals surface area contributed by atoms with E-state index in [0.717, 1.165) is 0 Å². The quantitative estimate of drug-likeness (QED) is 0.132. The molecule has 0 bridgehead atoms. The van der Waals surface area contributed by atoms with Crippen LogP contribution in [0.2, 0.25) is 0 Å². The van der Waals surface area contributed by atoms with Crippen LogP contribution in [-0.2, 0) is 28.8 Å². The maximum Gasteiger partial charge on any atom is 0.326 e. The van der Waals surface area contributed by atoms with Crippen LogP contribution in [0.1, 0.15) is 108 Å². The Balaban J connectivity index is 6.27. The van der Waals surface area contributed by atoms with E-state index in [9.17, 15) is 43.8 Å². The van der Waals surface area contributed by atoms with Crippen molar-refractivity contribution in [1.29, 1.82) is 0 Å². The lowest BCUT2D eigenvalue weighted by Crippen LogP contribution is -2.55. The van der Waals surface area contributed by atoms with Gasteiger partial charge in [-0.05, 0) is 30.6 Å². The fraction of sp³-hybridized carbons (Fsp3) is 0.774. The molecule has 0 fully saturated rings. The standard InChI is InChI=1S/C31H54N4O9/c1-11-19(12-2)32-29(44)35-25(31(8,9)10)22(36)14-18(15-23(37)30(5,6)7)26(40)33-20(16-24(38)39)27(41)34-21(28(42)43)13-17(3)4/h17-21,25H,11-16H2,1-10H3,(H,33,40)(H,34,41)(H,38,39)(H,42,43)(H2,32,35,44)/t18-,20-,21-,25+/m0/s1. The van der Waals surface area contributed by atoms with Gasteiger partial charge in [-0.2, -0.15) is 0 Å². The Kier molecular flexibility index (Phi) is 16.3. The highest BCUT2D eigenvalue weighted by Gasteiger charge is 2.38. The molecule has 0 saturated heterocycles. The molecule has 0 saturated carbocycles. The number of Topliss-reactive ketones (excluding diaryl/α,β-unsaturated/α-hetero) is 2. The average Bonchev–Trinajstić information content (AvgIpc) is 2.86. The molecule has 44 heavy (non-hydrogen) atoms. The molecule has 0 heterocycles. The first-order valence-electron chi connectivity index (χ1n) is 15.2. The highest BCUT2D eigenvalue weighted by atomic mass is 16.4. The second kappa shape index (κ2) is 17.7. The van der Waals surface area contributed by atoms with Crippen molar-refractivity contribution in [1.82, 2.24) is 21.3 Å². The molecular weight excluding hydrogens is 572 g/mol. The van der Waals surface area contributed by atoms with Gasteiger partial charge in [-0.1, -0.05) is 69.2 Å². The second-order valence-corrected chi connectivity index (χ2v) is 13.9. The zero-order chi connectivity index (χ0) is 34.6. The van der Waals surface area contributed by atoms with Crippen LogP contribution in [0.3, 0.4) is 0 Å². The van der Waals surface area contributed by atoms with Gasteiger partial charge in [0.15, 0.2) is 5.78 Å². The lowest BCUT2D eigenvalue weighted by molar-refractivity contribution is -0.144. The van der Waals surface area contributed by atoms with Gasteiger partial charge in [-0.3, -0.25) is 24.0 Å². The largest absolute Gasteiger partial charge is 0.481 e. The molecule has 0 rings (SSSR count). The number of carbonyl (C=O) groups is 7. The zero-order valence-electron chi connectivity index (χ0n) is 28.0. The van der Waals surface area contributed by atoms with Gasteiger partial charge in [0.1, 0.15) is 17.9 Å². The van der Waals surface area contributed by atoms with Gasteiger partial charge in [0.05, 0.1) is 18.4 Å².